The van der Waals surface area contributed by atoms with Gasteiger partial charge in [0, 0.05) is 11.8 Å². The van der Waals surface area contributed by atoms with Crippen LogP contribution in [0, 0.1) is 6.92 Å². The molecule has 1 amide bonds. The maximum Gasteiger partial charge on any atom is 0.328 e. The van der Waals surface area contributed by atoms with Crippen LogP contribution in [0.1, 0.15) is 40.5 Å². The van der Waals surface area contributed by atoms with Crippen LogP contribution in [0.2, 0.25) is 0 Å². The van der Waals surface area contributed by atoms with Gasteiger partial charge < -0.3 is 10.4 Å². The summed E-state index contributed by atoms with van der Waals surface area (Å²) in [6.45, 7) is 4.90. The summed E-state index contributed by atoms with van der Waals surface area (Å²) in [6.07, 6.45) is 0.653. The molecule has 0 spiro atoms. The molecule has 0 bridgehead atoms. The van der Waals surface area contributed by atoms with Crippen LogP contribution in [0.3, 0.4) is 0 Å². The van der Waals surface area contributed by atoms with Gasteiger partial charge in [0.25, 0.3) is 5.91 Å². The van der Waals surface area contributed by atoms with Gasteiger partial charge in [-0.3, -0.25) is 4.79 Å². The first-order valence-electron chi connectivity index (χ1n) is 6.84. The lowest BCUT2D eigenvalue weighted by Crippen LogP contribution is -2.49. The Morgan fingerprint density at radius 3 is 2.50 bits per heavy atom. The van der Waals surface area contributed by atoms with Gasteiger partial charge in [-0.25, -0.2) is 9.78 Å². The second-order valence-corrected chi connectivity index (χ2v) is 6.62. The summed E-state index contributed by atoms with van der Waals surface area (Å²) in [5, 5.41) is 14.0. The number of carboxylic acid groups (broad SMARTS) is 1. The summed E-state index contributed by atoms with van der Waals surface area (Å²) in [7, 11) is 0. The van der Waals surface area contributed by atoms with Gasteiger partial charge in [-0.15, -0.1) is 11.3 Å². The van der Waals surface area contributed by atoms with Crippen molar-refractivity contribution in [2.75, 3.05) is 0 Å². The molecule has 0 aliphatic rings. The van der Waals surface area contributed by atoms with Crippen molar-refractivity contribution >= 4 is 23.2 Å². The van der Waals surface area contributed by atoms with Gasteiger partial charge >= 0.3 is 5.97 Å². The molecule has 0 saturated heterocycles. The number of benzene rings is 1. The maximum absolute atomic E-state index is 12.0. The standard InChI is InChI=1S/C16H18N2O3S/c1-10-4-6-11(7-5-10)8-13-17-12(9-22-13)14(19)18-16(2,3)15(20)21/h4-7,9H,8H2,1-3H3,(H,18,19)(H,20,21). The third kappa shape index (κ3) is 3.92. The van der Waals surface area contributed by atoms with Gasteiger partial charge in [-0.05, 0) is 26.3 Å². The highest BCUT2D eigenvalue weighted by Crippen LogP contribution is 2.16. The Morgan fingerprint density at radius 2 is 1.91 bits per heavy atom. The van der Waals surface area contributed by atoms with E-state index in [1.165, 1.54) is 30.7 Å². The molecule has 1 aromatic heterocycles. The molecule has 0 aliphatic carbocycles. The van der Waals surface area contributed by atoms with E-state index in [0.717, 1.165) is 10.6 Å². The van der Waals surface area contributed by atoms with Crippen LogP contribution in [0.4, 0.5) is 0 Å². The second-order valence-electron chi connectivity index (χ2n) is 5.67. The normalized spacial score (nSPS) is 11.2. The molecule has 6 heteroatoms. The van der Waals surface area contributed by atoms with Gasteiger partial charge in [-0.2, -0.15) is 0 Å². The summed E-state index contributed by atoms with van der Waals surface area (Å²) in [5.74, 6) is -1.56. The van der Waals surface area contributed by atoms with E-state index in [9.17, 15) is 9.59 Å². The van der Waals surface area contributed by atoms with Crippen LogP contribution in [0.25, 0.3) is 0 Å². The van der Waals surface area contributed by atoms with Crippen molar-refractivity contribution in [2.45, 2.75) is 32.7 Å². The lowest BCUT2D eigenvalue weighted by Gasteiger charge is -2.20. The molecule has 0 saturated carbocycles. The number of nitrogens with one attached hydrogen (secondary N) is 1. The molecule has 116 valence electrons. The number of carbonyl (C=O) groups is 2. The third-order valence-corrected chi connectivity index (χ3v) is 4.07. The summed E-state index contributed by atoms with van der Waals surface area (Å²) in [6, 6.07) is 8.13. The fourth-order valence-electron chi connectivity index (χ4n) is 1.78. The largest absolute Gasteiger partial charge is 0.480 e. The second kappa shape index (κ2) is 6.27. The average Bonchev–Trinajstić information content (AvgIpc) is 2.89. The topological polar surface area (TPSA) is 79.3 Å². The van der Waals surface area contributed by atoms with E-state index in [1.807, 2.05) is 31.2 Å². The average molecular weight is 318 g/mol. The number of nitrogens with zero attached hydrogens (tertiary/aromatic N) is 1. The predicted octanol–water partition coefficient (Wildman–Crippen LogP) is 2.64. The van der Waals surface area contributed by atoms with E-state index in [-0.39, 0.29) is 5.69 Å². The van der Waals surface area contributed by atoms with Crippen molar-refractivity contribution < 1.29 is 14.7 Å². The highest BCUT2D eigenvalue weighted by molar-refractivity contribution is 7.09. The van der Waals surface area contributed by atoms with E-state index >= 15 is 0 Å². The molecular formula is C16H18N2O3S. The summed E-state index contributed by atoms with van der Waals surface area (Å²) >= 11 is 1.39. The Hall–Kier alpha value is -2.21. The molecule has 0 atom stereocenters. The van der Waals surface area contributed by atoms with Crippen LogP contribution >= 0.6 is 11.3 Å². The highest BCUT2D eigenvalue weighted by atomic mass is 32.1. The number of amides is 1. The van der Waals surface area contributed by atoms with Gasteiger partial charge in [0.1, 0.15) is 11.2 Å². The van der Waals surface area contributed by atoms with Crippen molar-refractivity contribution in [3.63, 3.8) is 0 Å². The van der Waals surface area contributed by atoms with E-state index < -0.39 is 17.4 Å². The first kappa shape index (κ1) is 16.2. The first-order chi connectivity index (χ1) is 10.3. The number of carbonyl (C=O) groups excluding carboxylic acids is 1. The van der Waals surface area contributed by atoms with Crippen molar-refractivity contribution in [3.8, 4) is 0 Å². The number of hydrogen-bond donors (Lipinski definition) is 2. The zero-order valence-corrected chi connectivity index (χ0v) is 13.5. The van der Waals surface area contributed by atoms with Gasteiger partial charge in [0.2, 0.25) is 0 Å². The number of rotatable bonds is 5. The summed E-state index contributed by atoms with van der Waals surface area (Å²) in [4.78, 5) is 27.4. The monoisotopic (exact) mass is 318 g/mol. The lowest BCUT2D eigenvalue weighted by atomic mass is 10.1. The Labute approximate surface area is 133 Å². The fraction of sp³-hybridized carbons (Fsp3) is 0.312. The molecule has 2 N–H and O–H groups in total. The van der Waals surface area contributed by atoms with Crippen LogP contribution in [-0.2, 0) is 11.2 Å². The Balaban J connectivity index is 2.06. The van der Waals surface area contributed by atoms with E-state index in [1.54, 1.807) is 5.38 Å². The maximum atomic E-state index is 12.0. The number of aliphatic carboxylic acids is 1. The molecule has 1 heterocycles. The number of thiazole rings is 1. The van der Waals surface area contributed by atoms with Crippen molar-refractivity contribution in [1.29, 1.82) is 0 Å². The SMILES string of the molecule is Cc1ccc(Cc2nc(C(=O)NC(C)(C)C(=O)O)cs2)cc1. The van der Waals surface area contributed by atoms with E-state index in [0.29, 0.717) is 6.42 Å². The van der Waals surface area contributed by atoms with Gasteiger partial charge in [0.15, 0.2) is 0 Å². The molecule has 0 unspecified atom stereocenters. The molecule has 22 heavy (non-hydrogen) atoms. The zero-order valence-electron chi connectivity index (χ0n) is 12.7. The number of aromatic nitrogens is 1. The minimum atomic E-state index is -1.32. The van der Waals surface area contributed by atoms with Crippen molar-refractivity contribution in [3.05, 3.63) is 51.5 Å². The number of carboxylic acids is 1. The molecule has 0 radical (unpaired) electrons. The molecule has 0 aliphatic heterocycles. The van der Waals surface area contributed by atoms with Crippen LogP contribution in [-0.4, -0.2) is 27.5 Å². The number of hydrogen-bond acceptors (Lipinski definition) is 4. The smallest absolute Gasteiger partial charge is 0.328 e. The molecule has 2 aromatic rings. The van der Waals surface area contributed by atoms with Gasteiger partial charge in [-0.1, -0.05) is 29.8 Å². The van der Waals surface area contributed by atoms with Crippen LogP contribution < -0.4 is 5.32 Å². The van der Waals surface area contributed by atoms with Gasteiger partial charge in [0.05, 0.1) is 5.01 Å². The zero-order chi connectivity index (χ0) is 16.3. The minimum Gasteiger partial charge on any atom is -0.480 e. The Bertz CT molecular complexity index is 690. The minimum absolute atomic E-state index is 0.251. The predicted molar refractivity (Wildman–Crippen MR) is 85.3 cm³/mol. The summed E-state index contributed by atoms with van der Waals surface area (Å²) in [5.41, 5.74) is 1.25. The highest BCUT2D eigenvalue weighted by Gasteiger charge is 2.30. The summed E-state index contributed by atoms with van der Waals surface area (Å²) < 4.78 is 0. The number of aryl methyl sites for hydroxylation is 1. The fourth-order valence-corrected chi connectivity index (χ4v) is 2.59. The third-order valence-electron chi connectivity index (χ3n) is 3.22. The molecule has 1 aromatic carbocycles. The van der Waals surface area contributed by atoms with E-state index in [2.05, 4.69) is 10.3 Å². The van der Waals surface area contributed by atoms with Crippen molar-refractivity contribution in [1.82, 2.24) is 10.3 Å². The van der Waals surface area contributed by atoms with Crippen LogP contribution in [0.5, 0.6) is 0 Å². The molecule has 2 rings (SSSR count). The quantitative estimate of drug-likeness (QED) is 0.888. The lowest BCUT2D eigenvalue weighted by molar-refractivity contribution is -0.143. The molecule has 0 fully saturated rings. The Morgan fingerprint density at radius 1 is 1.27 bits per heavy atom. The van der Waals surface area contributed by atoms with Crippen LogP contribution in [0.15, 0.2) is 29.6 Å². The van der Waals surface area contributed by atoms with Crippen molar-refractivity contribution in [2.24, 2.45) is 0 Å². The molecule has 5 nitrogen and oxygen atoms in total. The molecular weight excluding hydrogens is 300 g/mol. The first-order valence-corrected chi connectivity index (χ1v) is 7.72. The van der Waals surface area contributed by atoms with E-state index in [4.69, 9.17) is 5.11 Å². The Kier molecular flexibility index (Phi) is 4.61.